The normalized spacial score (nSPS) is 5.08. The number of carbonyl (C=O) groups excluding carboxylic acids is 3. The van der Waals surface area contributed by atoms with Gasteiger partial charge in [-0.1, -0.05) is 0 Å². The number of terminal acetylenes is 3. The quantitative estimate of drug-likeness (QED) is 0.215. The van der Waals surface area contributed by atoms with E-state index < -0.39 is 36.4 Å². The molecular formula is C84H8O7. The molecule has 386 valence electrons. The van der Waals surface area contributed by atoms with Gasteiger partial charge in [-0.15, -0.1) is 19.3 Å². The maximum atomic E-state index is 13.0. The molecule has 1 N–H and O–H groups in total. The van der Waals surface area contributed by atoms with Gasteiger partial charge < -0.3 is 19.3 Å². The molecule has 0 aliphatic rings. The van der Waals surface area contributed by atoms with E-state index in [0.717, 1.165) is 0 Å². The van der Waals surface area contributed by atoms with Gasteiger partial charge >= 0.3 is 17.9 Å². The molecule has 0 spiro atoms. The van der Waals surface area contributed by atoms with Crippen molar-refractivity contribution in [2.75, 3.05) is 0 Å². The molecule has 0 rings (SSSR count). The Morgan fingerprint density at radius 1 is 0.209 bits per heavy atom. The largest absolute Gasteiger partial charge is 0.377 e. The van der Waals surface area contributed by atoms with Gasteiger partial charge in [-0.05, 0) is 142 Å². The second kappa shape index (κ2) is 60.4. The molecule has 0 heterocycles. The second-order valence-electron chi connectivity index (χ2n) is 12.1. The molecule has 0 aromatic rings. The van der Waals surface area contributed by atoms with Gasteiger partial charge in [0.25, 0.3) is 0 Å². The SMILES string of the molecule is C#CC#CC#CC#CC#CC#CC#CC#CC#CC#CC#CC#CC#COC(=O)CC(O)(CC(=O)OC#CC#CC#CC#CC#CC#CC#CC#CC#CC#CC#CC#CC#C)C(=O)OC#CC#CC#CC#CC#CC#CC#CC#CC#CC#CC#CC#CC#C. The van der Waals surface area contributed by atoms with E-state index in [1.165, 1.54) is 0 Å². The van der Waals surface area contributed by atoms with Crippen molar-refractivity contribution in [2.24, 2.45) is 0 Å². The fourth-order valence-electron chi connectivity index (χ4n) is 3.24. The first kappa shape index (κ1) is 72.2. The smallest absolute Gasteiger partial charge is 0.353 e. The van der Waals surface area contributed by atoms with Crippen LogP contribution in [0.4, 0.5) is 0 Å². The summed E-state index contributed by atoms with van der Waals surface area (Å²) in [6, 6.07) is 0. The molecule has 0 saturated carbocycles. The summed E-state index contributed by atoms with van der Waals surface area (Å²) in [5.74, 6) is 168. The van der Waals surface area contributed by atoms with Crippen molar-refractivity contribution < 1.29 is 33.7 Å². The molecule has 91 heavy (non-hydrogen) atoms. The van der Waals surface area contributed by atoms with Gasteiger partial charge in [0.2, 0.25) is 0 Å². The third-order valence-electron chi connectivity index (χ3n) is 6.22. The van der Waals surface area contributed by atoms with E-state index >= 15 is 0 Å². The molecule has 0 fully saturated rings. The van der Waals surface area contributed by atoms with Gasteiger partial charge in [0.1, 0.15) is 18.3 Å². The van der Waals surface area contributed by atoms with E-state index in [1.807, 2.05) is 18.3 Å². The molecule has 0 aliphatic carbocycles. The van der Waals surface area contributed by atoms with Crippen molar-refractivity contribution in [3.63, 3.8) is 0 Å². The number of rotatable bonds is 5. The van der Waals surface area contributed by atoms with Gasteiger partial charge in [0, 0.05) is 284 Å². The van der Waals surface area contributed by atoms with Crippen LogP contribution in [-0.4, -0.2) is 28.6 Å². The Kier molecular flexibility index (Phi) is 48.0. The summed E-state index contributed by atoms with van der Waals surface area (Å²) in [6.45, 7) is 0. The summed E-state index contributed by atoms with van der Waals surface area (Å²) in [5.41, 5.74) is -2.94. The molecule has 0 saturated heterocycles. The Labute approximate surface area is 531 Å². The maximum Gasteiger partial charge on any atom is 0.353 e. The minimum Gasteiger partial charge on any atom is -0.377 e. The first-order valence-electron chi connectivity index (χ1n) is 22.6. The second-order valence-corrected chi connectivity index (χ2v) is 12.1. The van der Waals surface area contributed by atoms with Crippen molar-refractivity contribution in [1.29, 1.82) is 0 Å². The Bertz CT molecular complexity index is 5570. The monoisotopic (exact) mass is 1130 g/mol. The third kappa shape index (κ3) is 55.8. The molecule has 7 heteroatoms. The minimum absolute atomic E-state index is 1.20. The zero-order valence-corrected chi connectivity index (χ0v) is 45.5. The Morgan fingerprint density at radius 3 is 0.473 bits per heavy atom. The van der Waals surface area contributed by atoms with Crippen LogP contribution in [0.3, 0.4) is 0 Å². The van der Waals surface area contributed by atoms with E-state index in [-0.39, 0.29) is 0 Å². The fraction of sp³-hybridized carbons (Fsp3) is 0.0357. The average molecular weight is 1130 g/mol. The van der Waals surface area contributed by atoms with Gasteiger partial charge in [0.15, 0.2) is 5.60 Å². The lowest BCUT2D eigenvalue weighted by molar-refractivity contribution is -0.169. The highest BCUT2D eigenvalue weighted by Crippen LogP contribution is 2.19. The summed E-state index contributed by atoms with van der Waals surface area (Å²) in [7, 11) is 0. The predicted octanol–water partition coefficient (Wildman–Crippen LogP) is -0.978. The molecule has 7 nitrogen and oxygen atoms in total. The number of hydrogen-bond acceptors (Lipinski definition) is 7. The summed E-state index contributed by atoms with van der Waals surface area (Å²) in [5, 5.41) is 11.1. The number of hydrogen-bond donors (Lipinski definition) is 1. The highest BCUT2D eigenvalue weighted by Gasteiger charge is 2.43. The van der Waals surface area contributed by atoms with Gasteiger partial charge in [0.05, 0.1) is 12.8 Å². The van der Waals surface area contributed by atoms with E-state index in [1.54, 1.807) is 0 Å². The number of carbonyl (C=O) groups is 3. The van der Waals surface area contributed by atoms with Crippen LogP contribution < -0.4 is 0 Å². The first-order chi connectivity index (χ1) is 44.9. The van der Waals surface area contributed by atoms with Crippen LogP contribution in [0.15, 0.2) is 0 Å². The summed E-state index contributed by atoms with van der Waals surface area (Å²) in [4.78, 5) is 38.2. The number of aliphatic hydroxyl groups is 1. The Morgan fingerprint density at radius 2 is 0.330 bits per heavy atom. The third-order valence-corrected chi connectivity index (χ3v) is 6.22. The van der Waals surface area contributed by atoms with Crippen LogP contribution in [0.2, 0.25) is 0 Å². The van der Waals surface area contributed by atoms with E-state index in [0.29, 0.717) is 0 Å². The molecule has 0 aliphatic heterocycles. The maximum absolute atomic E-state index is 13.0. The predicted molar refractivity (Wildman–Crippen MR) is 339 cm³/mol. The number of esters is 3. The van der Waals surface area contributed by atoms with Crippen LogP contribution in [0.25, 0.3) is 0 Å². The Hall–Kier alpha value is -18.8. The lowest BCUT2D eigenvalue weighted by Gasteiger charge is -2.21. The van der Waals surface area contributed by atoms with E-state index in [4.69, 9.17) is 33.5 Å². The molecule has 0 amide bonds. The van der Waals surface area contributed by atoms with Crippen LogP contribution in [0.5, 0.6) is 0 Å². The molecule has 0 bridgehead atoms. The van der Waals surface area contributed by atoms with Crippen molar-refractivity contribution in [2.45, 2.75) is 18.4 Å². The summed E-state index contributed by atoms with van der Waals surface area (Å²) in [6.07, 6.45) is 18.2. The summed E-state index contributed by atoms with van der Waals surface area (Å²) < 4.78 is 14.1. The lowest BCUT2D eigenvalue weighted by Crippen LogP contribution is -2.44. The zero-order valence-electron chi connectivity index (χ0n) is 45.5. The molecular weight excluding hydrogens is 1120 g/mol. The van der Waals surface area contributed by atoms with Gasteiger partial charge in [-0.3, -0.25) is 9.59 Å². The van der Waals surface area contributed by atoms with Gasteiger partial charge in [-0.25, -0.2) is 4.79 Å². The number of ether oxygens (including phenoxy) is 3. The summed E-state index contributed by atoms with van der Waals surface area (Å²) >= 11 is 0. The highest BCUT2D eigenvalue weighted by molar-refractivity contribution is 5.91. The van der Waals surface area contributed by atoms with Crippen LogP contribution in [0, 0.1) is 464 Å². The molecule has 0 aromatic heterocycles. The average Bonchev–Trinajstić information content (AvgIpc) is 2.59. The standard InChI is InChI=1S/C84H8O7/c1-4-7-10-13-16-19-22-25-28-31-34-37-40-43-46-49-52-55-58-61-64-67-70-73-76-89-81(85)79-84(88,83(87)91-78-75-72-69-66-63-60-57-54-51-48-45-42-39-36-33-30-27-24-21-18-15-12-9-6-3)80-82(86)90-77-74-71-68-65-62-59-56-53-50-47-44-41-38-35-32-29-26-23-20-17-14-11-8-5-2/h1-3,88H,79-80H2. The van der Waals surface area contributed by atoms with Crippen LogP contribution >= 0.6 is 0 Å². The van der Waals surface area contributed by atoms with Crippen LogP contribution in [-0.2, 0) is 28.6 Å². The van der Waals surface area contributed by atoms with E-state index in [2.05, 4.69) is 426 Å². The first-order valence-corrected chi connectivity index (χ1v) is 22.6. The van der Waals surface area contributed by atoms with Gasteiger partial charge in [-0.2, -0.15) is 0 Å². The Balaban J connectivity index is 5.91. The fourth-order valence-corrected chi connectivity index (χ4v) is 3.24. The lowest BCUT2D eigenvalue weighted by atomic mass is 9.96. The minimum atomic E-state index is -2.94. The topological polar surface area (TPSA) is 99.1 Å². The van der Waals surface area contributed by atoms with Crippen molar-refractivity contribution in [1.82, 2.24) is 0 Å². The highest BCUT2D eigenvalue weighted by atomic mass is 16.6. The molecule has 0 unspecified atom stereocenters. The van der Waals surface area contributed by atoms with Crippen LogP contribution in [0.1, 0.15) is 12.8 Å². The molecule has 0 atom stereocenters. The van der Waals surface area contributed by atoms with Crippen molar-refractivity contribution >= 4 is 17.9 Å². The van der Waals surface area contributed by atoms with E-state index in [9.17, 15) is 19.5 Å². The van der Waals surface area contributed by atoms with Crippen molar-refractivity contribution in [3.8, 4) is 464 Å². The molecule has 0 radical (unpaired) electrons. The molecule has 0 aromatic carbocycles. The zero-order chi connectivity index (χ0) is 65.8. The van der Waals surface area contributed by atoms with Crippen molar-refractivity contribution in [3.05, 3.63) is 0 Å².